The van der Waals surface area contributed by atoms with E-state index in [-0.39, 0.29) is 48.7 Å². The van der Waals surface area contributed by atoms with Crippen LogP contribution in [-0.4, -0.2) is 25.3 Å². The maximum atomic E-state index is 11.6. The number of rotatable bonds is 16. The second-order valence-electron chi connectivity index (χ2n) is 7.15. The summed E-state index contributed by atoms with van der Waals surface area (Å²) in [4.78, 5) is 22.5. The average Bonchev–Trinajstić information content (AvgIpc) is 2.96. The number of hydrogen-bond donors (Lipinski definition) is 0. The number of esters is 1. The smallest absolute Gasteiger partial charge is 0.756 e. The summed E-state index contributed by atoms with van der Waals surface area (Å²) >= 11 is 0. The summed E-state index contributed by atoms with van der Waals surface area (Å²) in [6, 6.07) is 0. The van der Waals surface area contributed by atoms with Crippen LogP contribution in [0.2, 0.25) is 0 Å². The van der Waals surface area contributed by atoms with E-state index in [9.17, 15) is 14.3 Å². The zero-order chi connectivity index (χ0) is 19.1. The molecule has 1 heterocycles. The molecule has 0 saturated carbocycles. The van der Waals surface area contributed by atoms with E-state index in [1.807, 2.05) is 0 Å². The first-order valence-corrected chi connectivity index (χ1v) is 11.8. The third-order valence-electron chi connectivity index (χ3n) is 4.61. The van der Waals surface area contributed by atoms with Crippen molar-refractivity contribution in [1.82, 2.24) is 0 Å². The van der Waals surface area contributed by atoms with Gasteiger partial charge in [0.25, 0.3) is 7.82 Å². The molecule has 1 aliphatic heterocycles. The molecule has 2 atom stereocenters. The Balaban J connectivity index is 0.00000676. The first-order chi connectivity index (χ1) is 12.5. The fourth-order valence-electron chi connectivity index (χ4n) is 3.04. The maximum Gasteiger partial charge on any atom is 1.00 e. The van der Waals surface area contributed by atoms with Gasteiger partial charge in [0.2, 0.25) is 0 Å². The predicted octanol–water partition coefficient (Wildman–Crippen LogP) is 1.90. The van der Waals surface area contributed by atoms with E-state index in [1.165, 1.54) is 64.2 Å². The number of hydrogen-bond acceptors (Lipinski definition) is 6. The van der Waals surface area contributed by atoms with Gasteiger partial charge >= 0.3 is 35.5 Å². The minimum atomic E-state index is -4.15. The van der Waals surface area contributed by atoms with Crippen LogP contribution in [0.5, 0.6) is 0 Å². The minimum Gasteiger partial charge on any atom is -0.756 e. The van der Waals surface area contributed by atoms with Gasteiger partial charge in [-0.05, 0) is 6.42 Å². The van der Waals surface area contributed by atoms with Crippen molar-refractivity contribution < 1.29 is 57.6 Å². The molecule has 0 radical (unpaired) electrons. The largest absolute Gasteiger partial charge is 1.00 e. The van der Waals surface area contributed by atoms with Crippen molar-refractivity contribution in [2.75, 3.05) is 13.2 Å². The first kappa shape index (κ1) is 27.6. The van der Waals surface area contributed by atoms with Crippen LogP contribution in [0, 0.1) is 0 Å². The van der Waals surface area contributed by atoms with Gasteiger partial charge in [-0.15, -0.1) is 0 Å². The van der Waals surface area contributed by atoms with Crippen molar-refractivity contribution in [3.8, 4) is 0 Å². The molecule has 154 valence electrons. The summed E-state index contributed by atoms with van der Waals surface area (Å²) in [5.74, 6) is -0.302. The minimum absolute atomic E-state index is 0. The molecule has 1 fully saturated rings. The SMILES string of the molecule is CCCCCCCCCCCCCCCC(=O)OCC1COP(=O)([O-])O1.[Na+]. The van der Waals surface area contributed by atoms with Crippen LogP contribution in [0.3, 0.4) is 0 Å². The third kappa shape index (κ3) is 16.1. The molecule has 1 aliphatic rings. The summed E-state index contributed by atoms with van der Waals surface area (Å²) in [5.41, 5.74) is 0. The number of ether oxygens (including phenoxy) is 1. The molecule has 0 aromatic rings. The molecule has 0 bridgehead atoms. The molecule has 27 heavy (non-hydrogen) atoms. The van der Waals surface area contributed by atoms with Crippen LogP contribution in [0.4, 0.5) is 0 Å². The Morgan fingerprint density at radius 2 is 1.44 bits per heavy atom. The summed E-state index contributed by atoms with van der Waals surface area (Å²) in [7, 11) is -4.15. The maximum absolute atomic E-state index is 11.6. The fraction of sp³-hybridized carbons (Fsp3) is 0.947. The van der Waals surface area contributed by atoms with E-state index < -0.39 is 13.9 Å². The van der Waals surface area contributed by atoms with E-state index in [2.05, 4.69) is 16.0 Å². The first-order valence-electron chi connectivity index (χ1n) is 10.3. The van der Waals surface area contributed by atoms with E-state index in [1.54, 1.807) is 0 Å². The van der Waals surface area contributed by atoms with E-state index in [0.717, 1.165) is 19.3 Å². The van der Waals surface area contributed by atoms with Gasteiger partial charge in [0.15, 0.2) is 0 Å². The molecule has 1 rings (SSSR count). The van der Waals surface area contributed by atoms with Crippen molar-refractivity contribution >= 4 is 13.8 Å². The zero-order valence-corrected chi connectivity index (χ0v) is 20.2. The van der Waals surface area contributed by atoms with Gasteiger partial charge in [-0.25, -0.2) is 0 Å². The second-order valence-corrected chi connectivity index (χ2v) is 8.51. The van der Waals surface area contributed by atoms with Crippen LogP contribution in [0.1, 0.15) is 96.8 Å². The Hall–Kier alpha value is 0.580. The Labute approximate surface area is 187 Å². The Bertz CT molecular complexity index is 421. The normalized spacial score (nSPS) is 21.8. The summed E-state index contributed by atoms with van der Waals surface area (Å²) in [5, 5.41) is 0. The Morgan fingerprint density at radius 3 is 1.89 bits per heavy atom. The molecule has 0 amide bonds. The Kier molecular flexibility index (Phi) is 17.8. The van der Waals surface area contributed by atoms with Gasteiger partial charge < -0.3 is 18.7 Å². The van der Waals surface area contributed by atoms with Crippen LogP contribution < -0.4 is 34.5 Å². The van der Waals surface area contributed by atoms with Crippen molar-refractivity contribution in [2.24, 2.45) is 0 Å². The Morgan fingerprint density at radius 1 is 0.963 bits per heavy atom. The predicted molar refractivity (Wildman–Crippen MR) is 99.7 cm³/mol. The van der Waals surface area contributed by atoms with E-state index >= 15 is 0 Å². The topological polar surface area (TPSA) is 84.9 Å². The number of carbonyl (C=O) groups excluding carboxylic acids is 1. The molecule has 0 N–H and O–H groups in total. The number of phosphoric acid groups is 1. The molecule has 8 heteroatoms. The molecule has 6 nitrogen and oxygen atoms in total. The van der Waals surface area contributed by atoms with Gasteiger partial charge in [-0.3, -0.25) is 9.36 Å². The van der Waals surface area contributed by atoms with Crippen LogP contribution >= 0.6 is 7.82 Å². The number of carbonyl (C=O) groups is 1. The van der Waals surface area contributed by atoms with Crippen LogP contribution in [0.25, 0.3) is 0 Å². The molecule has 0 aromatic carbocycles. The molecular weight excluding hydrogens is 378 g/mol. The van der Waals surface area contributed by atoms with Crippen molar-refractivity contribution in [2.45, 2.75) is 103 Å². The zero-order valence-electron chi connectivity index (χ0n) is 17.3. The number of unbranched alkanes of at least 4 members (excludes halogenated alkanes) is 12. The second kappa shape index (κ2) is 17.4. The number of phosphoric ester groups is 1. The summed E-state index contributed by atoms with van der Waals surface area (Å²) < 4.78 is 25.0. The van der Waals surface area contributed by atoms with Gasteiger partial charge in [0.1, 0.15) is 12.7 Å². The van der Waals surface area contributed by atoms with Crippen LogP contribution in [-0.2, 0) is 23.1 Å². The van der Waals surface area contributed by atoms with E-state index in [0.29, 0.717) is 6.42 Å². The monoisotopic (exact) mass is 414 g/mol. The quantitative estimate of drug-likeness (QED) is 0.166. The molecule has 1 saturated heterocycles. The third-order valence-corrected chi connectivity index (χ3v) is 5.63. The van der Waals surface area contributed by atoms with E-state index in [4.69, 9.17) is 4.74 Å². The average molecular weight is 414 g/mol. The summed E-state index contributed by atoms with van der Waals surface area (Å²) in [6.07, 6.45) is 16.1. The van der Waals surface area contributed by atoms with Crippen molar-refractivity contribution in [1.29, 1.82) is 0 Å². The van der Waals surface area contributed by atoms with Gasteiger partial charge in [-0.2, -0.15) is 0 Å². The van der Waals surface area contributed by atoms with Crippen LogP contribution in [0.15, 0.2) is 0 Å². The van der Waals surface area contributed by atoms with Gasteiger partial charge in [-0.1, -0.05) is 84.0 Å². The van der Waals surface area contributed by atoms with Gasteiger partial charge in [0.05, 0.1) is 6.61 Å². The molecule has 0 spiro atoms. The molecular formula is C19H36NaO6P. The molecule has 0 aromatic heterocycles. The fourth-order valence-corrected chi connectivity index (χ4v) is 3.94. The molecule has 0 aliphatic carbocycles. The standard InChI is InChI=1S/C19H37O6P.Na/c1-2-3-4-5-6-7-8-9-10-11-12-13-14-15-19(20)23-16-18-17-24-26(21,22)25-18;/h18H,2-17H2,1H3,(H,21,22);/q;+1/p-1. The van der Waals surface area contributed by atoms with Gasteiger partial charge in [0, 0.05) is 6.42 Å². The summed E-state index contributed by atoms with van der Waals surface area (Å²) in [6.45, 7) is 2.11. The van der Waals surface area contributed by atoms with Crippen molar-refractivity contribution in [3.63, 3.8) is 0 Å². The van der Waals surface area contributed by atoms with Crippen molar-refractivity contribution in [3.05, 3.63) is 0 Å². The molecule has 2 unspecified atom stereocenters.